The normalized spacial score (nSPS) is 11.8. The Morgan fingerprint density at radius 3 is 1.62 bits per heavy atom. The molecule has 0 bridgehead atoms. The van der Waals surface area contributed by atoms with Crippen LogP contribution in [-0.2, 0) is 22.4 Å². The number of phenolic OH excluding ortho intramolecular Hbond substituents is 1. The van der Waals surface area contributed by atoms with Gasteiger partial charge in [-0.2, -0.15) is 0 Å². The summed E-state index contributed by atoms with van der Waals surface area (Å²) in [6.07, 6.45) is 0.368. The first-order chi connectivity index (χ1) is 27.1. The molecule has 10 nitrogen and oxygen atoms in total. The first-order valence-corrected chi connectivity index (χ1v) is 18.2. The summed E-state index contributed by atoms with van der Waals surface area (Å²) in [6.45, 7) is 3.75. The number of aromatic hydroxyl groups is 1. The Labute approximate surface area is 325 Å². The lowest BCUT2D eigenvalue weighted by atomic mass is 10.0. The summed E-state index contributed by atoms with van der Waals surface area (Å²) in [4.78, 5) is 53.5. The third-order valence-corrected chi connectivity index (χ3v) is 9.13. The maximum absolute atomic E-state index is 13.7. The molecule has 5 N–H and O–H groups in total. The summed E-state index contributed by atoms with van der Waals surface area (Å²) in [7, 11) is 0. The third-order valence-electron chi connectivity index (χ3n) is 9.13. The molecule has 6 rings (SSSR count). The number of hydrogen-bond donors (Lipinski definition) is 5. The zero-order valence-electron chi connectivity index (χ0n) is 31.0. The molecule has 56 heavy (non-hydrogen) atoms. The fraction of sp³-hybridized carbons (Fsp3) is 0.130. The molecule has 0 aliphatic carbocycles. The van der Waals surface area contributed by atoms with E-state index in [9.17, 15) is 24.3 Å². The van der Waals surface area contributed by atoms with E-state index in [2.05, 4.69) is 21.3 Å². The summed E-state index contributed by atoms with van der Waals surface area (Å²) in [6, 6.07) is 42.1. The third kappa shape index (κ3) is 10.5. The van der Waals surface area contributed by atoms with Crippen molar-refractivity contribution < 1.29 is 29.0 Å². The molecule has 0 heterocycles. The number of ether oxygens (including phenoxy) is 1. The van der Waals surface area contributed by atoms with Crippen molar-refractivity contribution in [2.24, 2.45) is 0 Å². The summed E-state index contributed by atoms with van der Waals surface area (Å²) >= 11 is 0. The van der Waals surface area contributed by atoms with E-state index >= 15 is 0 Å². The SMILES string of the molecule is Cc1ccccc1NC(=O)C(Cc1ccc(Oc2ccc(C)c(NC(=O)C(Cc3cccc(O)c3)NC(=O)c3ccccc3)c2)cc1)NC(=O)c1ccccc1. The number of para-hydroxylation sites is 1. The van der Waals surface area contributed by atoms with Crippen LogP contribution in [0.4, 0.5) is 11.4 Å². The molecule has 4 amide bonds. The van der Waals surface area contributed by atoms with E-state index in [-0.39, 0.29) is 30.4 Å². The smallest absolute Gasteiger partial charge is 0.251 e. The number of amides is 4. The number of phenols is 1. The largest absolute Gasteiger partial charge is 0.508 e. The average molecular weight is 747 g/mol. The fourth-order valence-corrected chi connectivity index (χ4v) is 6.02. The lowest BCUT2D eigenvalue weighted by Crippen LogP contribution is -2.45. The van der Waals surface area contributed by atoms with Crippen LogP contribution in [0.1, 0.15) is 43.0 Å². The summed E-state index contributed by atoms with van der Waals surface area (Å²) in [5.41, 5.74) is 5.17. The van der Waals surface area contributed by atoms with Crippen molar-refractivity contribution in [3.8, 4) is 17.2 Å². The van der Waals surface area contributed by atoms with Gasteiger partial charge in [-0.3, -0.25) is 19.2 Å². The van der Waals surface area contributed by atoms with Gasteiger partial charge in [0.2, 0.25) is 11.8 Å². The van der Waals surface area contributed by atoms with Crippen molar-refractivity contribution in [3.05, 3.63) is 185 Å². The lowest BCUT2D eigenvalue weighted by Gasteiger charge is -2.20. The van der Waals surface area contributed by atoms with Gasteiger partial charge >= 0.3 is 0 Å². The molecule has 10 heteroatoms. The Morgan fingerprint density at radius 2 is 1.04 bits per heavy atom. The average Bonchev–Trinajstić information content (AvgIpc) is 3.20. The minimum absolute atomic E-state index is 0.0584. The van der Waals surface area contributed by atoms with E-state index in [4.69, 9.17) is 4.74 Å². The number of carbonyl (C=O) groups excluding carboxylic acids is 4. The zero-order valence-corrected chi connectivity index (χ0v) is 31.0. The molecule has 0 aromatic heterocycles. The summed E-state index contributed by atoms with van der Waals surface area (Å²) < 4.78 is 6.17. The first-order valence-electron chi connectivity index (χ1n) is 18.2. The molecule has 2 unspecified atom stereocenters. The predicted molar refractivity (Wildman–Crippen MR) is 217 cm³/mol. The lowest BCUT2D eigenvalue weighted by molar-refractivity contribution is -0.118. The molecular formula is C46H42N4O6. The van der Waals surface area contributed by atoms with Gasteiger partial charge in [-0.1, -0.05) is 84.9 Å². The quantitative estimate of drug-likeness (QED) is 0.0771. The summed E-state index contributed by atoms with van der Waals surface area (Å²) in [5.74, 6) is -0.516. The zero-order chi connectivity index (χ0) is 39.4. The van der Waals surface area contributed by atoms with Gasteiger partial charge < -0.3 is 31.1 Å². The highest BCUT2D eigenvalue weighted by Crippen LogP contribution is 2.28. The number of rotatable bonds is 14. The molecule has 0 fully saturated rings. The number of benzene rings is 6. The molecule has 0 saturated carbocycles. The van der Waals surface area contributed by atoms with E-state index in [0.29, 0.717) is 39.6 Å². The maximum Gasteiger partial charge on any atom is 0.251 e. The standard InChI is InChI=1S/C46H42N4O6/c1-30-12-9-10-19-39(30)47-45(54)41(49-43(52)34-14-5-3-6-15-34)27-32-21-24-37(25-22-32)56-38-23-20-31(2)40(29-38)48-46(55)42(28-33-13-11-18-36(51)26-33)50-44(53)35-16-7-4-8-17-35/h3-26,29,41-42,51H,27-28H2,1-2H3,(H,47,54)(H,48,55)(H,49,52)(H,50,53). The van der Waals surface area contributed by atoms with Gasteiger partial charge in [-0.05, 0) is 96.8 Å². The Balaban J connectivity index is 1.15. The van der Waals surface area contributed by atoms with Crippen molar-refractivity contribution in [2.45, 2.75) is 38.8 Å². The molecule has 0 saturated heterocycles. The molecule has 0 aliphatic heterocycles. The van der Waals surface area contributed by atoms with Crippen LogP contribution in [0.3, 0.4) is 0 Å². The monoisotopic (exact) mass is 746 g/mol. The van der Waals surface area contributed by atoms with E-state index in [0.717, 1.165) is 16.7 Å². The van der Waals surface area contributed by atoms with Gasteiger partial charge in [0.1, 0.15) is 29.3 Å². The molecule has 0 radical (unpaired) electrons. The molecular weight excluding hydrogens is 705 g/mol. The van der Waals surface area contributed by atoms with E-state index in [1.165, 1.54) is 0 Å². The van der Waals surface area contributed by atoms with Crippen LogP contribution < -0.4 is 26.0 Å². The topological polar surface area (TPSA) is 146 Å². The molecule has 6 aromatic carbocycles. The molecule has 0 aliphatic rings. The Hall–Kier alpha value is -7.20. The van der Waals surface area contributed by atoms with Crippen LogP contribution in [-0.4, -0.2) is 40.8 Å². The number of carbonyl (C=O) groups is 4. The predicted octanol–water partition coefficient (Wildman–Crippen LogP) is 7.76. The van der Waals surface area contributed by atoms with Crippen LogP contribution in [0.25, 0.3) is 0 Å². The minimum atomic E-state index is -0.957. The van der Waals surface area contributed by atoms with Gasteiger partial charge in [-0.15, -0.1) is 0 Å². The highest BCUT2D eigenvalue weighted by molar-refractivity contribution is 6.02. The second-order valence-corrected chi connectivity index (χ2v) is 13.4. The molecule has 0 spiro atoms. The number of nitrogens with one attached hydrogen (secondary N) is 4. The van der Waals surface area contributed by atoms with Crippen LogP contribution >= 0.6 is 0 Å². The number of aryl methyl sites for hydroxylation is 2. The highest BCUT2D eigenvalue weighted by Gasteiger charge is 2.24. The van der Waals surface area contributed by atoms with Gasteiger partial charge in [-0.25, -0.2) is 0 Å². The molecule has 2 atom stereocenters. The Kier molecular flexibility index (Phi) is 12.5. The van der Waals surface area contributed by atoms with Gasteiger partial charge in [0.25, 0.3) is 11.8 Å². The van der Waals surface area contributed by atoms with Crippen LogP contribution in [0, 0.1) is 13.8 Å². The van der Waals surface area contributed by atoms with Crippen LogP contribution in [0.15, 0.2) is 152 Å². The van der Waals surface area contributed by atoms with Crippen molar-refractivity contribution in [3.63, 3.8) is 0 Å². The number of hydrogen-bond acceptors (Lipinski definition) is 6. The van der Waals surface area contributed by atoms with Crippen LogP contribution in [0.2, 0.25) is 0 Å². The number of anilines is 2. The van der Waals surface area contributed by atoms with Gasteiger partial charge in [0, 0.05) is 41.4 Å². The Bertz CT molecular complexity index is 2310. The maximum atomic E-state index is 13.7. The van der Waals surface area contributed by atoms with Crippen molar-refractivity contribution in [2.75, 3.05) is 10.6 Å². The van der Waals surface area contributed by atoms with Crippen molar-refractivity contribution in [1.29, 1.82) is 0 Å². The van der Waals surface area contributed by atoms with Crippen molar-refractivity contribution in [1.82, 2.24) is 10.6 Å². The molecule has 282 valence electrons. The first kappa shape index (κ1) is 38.5. The van der Waals surface area contributed by atoms with E-state index in [1.54, 1.807) is 103 Å². The highest BCUT2D eigenvalue weighted by atomic mass is 16.5. The van der Waals surface area contributed by atoms with Crippen molar-refractivity contribution >= 4 is 35.0 Å². The Morgan fingerprint density at radius 1 is 0.518 bits per heavy atom. The van der Waals surface area contributed by atoms with Crippen LogP contribution in [0.5, 0.6) is 17.2 Å². The van der Waals surface area contributed by atoms with E-state index < -0.39 is 23.9 Å². The van der Waals surface area contributed by atoms with Gasteiger partial charge in [0.15, 0.2) is 0 Å². The molecule has 6 aromatic rings. The summed E-state index contributed by atoms with van der Waals surface area (Å²) in [5, 5.41) is 21.7. The van der Waals surface area contributed by atoms with E-state index in [1.807, 2.05) is 62.4 Å². The fourth-order valence-electron chi connectivity index (χ4n) is 6.02. The minimum Gasteiger partial charge on any atom is -0.508 e. The van der Waals surface area contributed by atoms with Gasteiger partial charge in [0.05, 0.1) is 0 Å². The second kappa shape index (κ2) is 18.2. The second-order valence-electron chi connectivity index (χ2n) is 13.4.